The fraction of sp³-hybridized carbons (Fsp3) is 0.422. The second kappa shape index (κ2) is 22.9. The number of fused-ring (bicyclic) bond motifs is 1. The molecule has 7 aromatic rings. The maximum absolute atomic E-state index is 14.7. The van der Waals surface area contributed by atoms with Crippen molar-refractivity contribution in [1.29, 1.82) is 0 Å². The Morgan fingerprint density at radius 3 is 2.21 bits per heavy atom. The highest BCUT2D eigenvalue weighted by molar-refractivity contribution is 7.90. The Morgan fingerprint density at radius 1 is 0.849 bits per heavy atom. The lowest BCUT2D eigenvalue weighted by Crippen LogP contribution is -2.61. The number of benzene rings is 3. The zero-order chi connectivity index (χ0) is 60.4. The Kier molecular flexibility index (Phi) is 15.5. The first kappa shape index (κ1) is 58.1. The highest BCUT2D eigenvalue weighted by Crippen LogP contribution is 2.60. The van der Waals surface area contributed by atoms with Crippen LogP contribution in [-0.4, -0.2) is 117 Å². The van der Waals surface area contributed by atoms with E-state index in [4.69, 9.17) is 16.5 Å². The summed E-state index contributed by atoms with van der Waals surface area (Å²) in [5, 5.41) is 34.4. The van der Waals surface area contributed by atoms with Crippen molar-refractivity contribution in [2.24, 2.45) is 34.5 Å². The number of aliphatic hydroxyl groups excluding tert-OH is 1. The number of aryl methyl sites for hydroxylation is 1. The van der Waals surface area contributed by atoms with Crippen LogP contribution in [0.4, 0.5) is 28.3 Å². The number of rotatable bonds is 17. The van der Waals surface area contributed by atoms with Gasteiger partial charge in [-0.15, -0.1) is 16.6 Å². The average molecular weight is 1200 g/mol. The third-order valence-corrected chi connectivity index (χ3v) is 20.5. The summed E-state index contributed by atoms with van der Waals surface area (Å²) in [6.07, 6.45) is 13.9. The number of amides is 4. The van der Waals surface area contributed by atoms with Gasteiger partial charge < -0.3 is 35.8 Å². The molecule has 2 saturated heterocycles. The standard InChI is InChI=1S/C64H71N13O7S2/c1-8-39-13-15-40(16-14-39)31-65-59(80)51-27-46(78)35-76(51)61(82)56(63(4,5)6)69-58(79)44-33-75(34-44)45-17-19-47(20-18-45)86(83,84)73-60(81)55-48(49-32-66-77(38(49)3)36-64-28-41-24-42(29-64)26-43(25-41)30-64)21-22-53(68-55)74(7)54-23-37(2)57(72-71-54)70-62-67-50-11-9-10-12-52(50)85-62/h1,9-23,32,41-44,46,51,56,78H,24-31,33-36H2,2-7H3,(H,65,80)(H,69,79)(H,73,81)(H,67,70,72)/t41?,42?,43?,46-,51+,56-,64?/m1/s1. The van der Waals surface area contributed by atoms with Gasteiger partial charge in [-0.05, 0) is 159 Å². The number of aromatic nitrogens is 6. The maximum Gasteiger partial charge on any atom is 0.284 e. The summed E-state index contributed by atoms with van der Waals surface area (Å²) in [7, 11) is -2.72. The number of thiazole rings is 1. The van der Waals surface area contributed by atoms with Crippen molar-refractivity contribution >= 4 is 83.5 Å². The number of β-amino-alcohol motifs (C(OH)–C–C–N with tert-alkyl or cyclic N) is 1. The van der Waals surface area contributed by atoms with Gasteiger partial charge >= 0.3 is 0 Å². The average Bonchev–Trinajstić information content (AvgIpc) is 1.72. The van der Waals surface area contributed by atoms with Gasteiger partial charge in [0.1, 0.15) is 23.6 Å². The Hall–Kier alpha value is -8.26. The lowest BCUT2D eigenvalue weighted by atomic mass is 9.49. The number of pyridine rings is 1. The molecule has 4 amide bonds. The molecule has 0 spiro atoms. The molecule has 2 aliphatic heterocycles. The van der Waals surface area contributed by atoms with Crippen LogP contribution >= 0.6 is 11.3 Å². The minimum absolute atomic E-state index is 0.0551. The monoisotopic (exact) mass is 1200 g/mol. The number of para-hydroxylation sites is 1. The van der Waals surface area contributed by atoms with Crippen LogP contribution in [0.15, 0.2) is 102 Å². The van der Waals surface area contributed by atoms with Crippen LogP contribution in [0, 0.1) is 60.7 Å². The van der Waals surface area contributed by atoms with Gasteiger partial charge in [0.25, 0.3) is 15.9 Å². The number of sulfonamides is 1. The van der Waals surface area contributed by atoms with Crippen molar-refractivity contribution in [3.05, 3.63) is 125 Å². The van der Waals surface area contributed by atoms with Crippen molar-refractivity contribution in [2.75, 3.05) is 41.8 Å². The molecule has 0 unspecified atom stereocenters. The van der Waals surface area contributed by atoms with Gasteiger partial charge in [-0.2, -0.15) is 5.10 Å². The molecule has 13 rings (SSSR count). The molecule has 6 fully saturated rings. The molecule has 86 heavy (non-hydrogen) atoms. The molecule has 3 atom stereocenters. The lowest BCUT2D eigenvalue weighted by Gasteiger charge is -2.56. The molecule has 20 nitrogen and oxygen atoms in total. The van der Waals surface area contributed by atoms with Crippen LogP contribution in [0.3, 0.4) is 0 Å². The molecular formula is C64H71N13O7S2. The SMILES string of the molecule is C#Cc1ccc(CNC(=O)[C@@H]2C[C@@H](O)CN2C(=O)[C@@H](NC(=O)C2CN(c3ccc(S(=O)(=O)NC(=O)c4nc(N(C)c5cc(C)c(Nc6nc7ccccc7s6)nn5)ccc4-c4cnn(CC56CC7CC(CC(C7)C5)C6)c4C)cc3)C2)C(C)(C)C)cc1. The van der Waals surface area contributed by atoms with E-state index in [9.17, 15) is 32.7 Å². The van der Waals surface area contributed by atoms with Crippen molar-refractivity contribution < 1.29 is 32.7 Å². The van der Waals surface area contributed by atoms with Gasteiger partial charge in [0.15, 0.2) is 16.8 Å². The first-order valence-electron chi connectivity index (χ1n) is 29.4. The highest BCUT2D eigenvalue weighted by Gasteiger charge is 2.51. The molecule has 0 radical (unpaired) electrons. The third kappa shape index (κ3) is 11.8. The number of aliphatic hydroxyl groups is 1. The van der Waals surface area contributed by atoms with Gasteiger partial charge in [-0.25, -0.2) is 23.1 Å². The molecular weight excluding hydrogens is 1130 g/mol. The van der Waals surface area contributed by atoms with Crippen LogP contribution in [0.1, 0.15) is 98.6 Å². The number of anilines is 5. The number of likely N-dealkylation sites (tertiary alicyclic amines) is 1. The van der Waals surface area contributed by atoms with Crippen LogP contribution in [0.25, 0.3) is 21.3 Å². The summed E-state index contributed by atoms with van der Waals surface area (Å²) in [4.78, 5) is 70.7. The van der Waals surface area contributed by atoms with Gasteiger partial charge in [-0.1, -0.05) is 62.3 Å². The summed E-state index contributed by atoms with van der Waals surface area (Å²) < 4.78 is 33.9. The second-order valence-electron chi connectivity index (χ2n) is 25.5. The number of carbonyl (C=O) groups excluding carboxylic acids is 4. The minimum atomic E-state index is -4.47. The minimum Gasteiger partial charge on any atom is -0.391 e. The van der Waals surface area contributed by atoms with E-state index < -0.39 is 57.3 Å². The van der Waals surface area contributed by atoms with Crippen molar-refractivity contribution in [3.8, 4) is 23.5 Å². The van der Waals surface area contributed by atoms with Crippen molar-refractivity contribution in [3.63, 3.8) is 0 Å². The van der Waals surface area contributed by atoms with Crippen LogP contribution in [-0.2, 0) is 37.5 Å². The largest absolute Gasteiger partial charge is 0.391 e. The second-order valence-corrected chi connectivity index (χ2v) is 28.2. The summed E-state index contributed by atoms with van der Waals surface area (Å²) in [5.41, 5.74) is 5.10. The van der Waals surface area contributed by atoms with E-state index in [0.717, 1.165) is 51.3 Å². The van der Waals surface area contributed by atoms with Crippen LogP contribution < -0.4 is 30.5 Å². The molecule has 3 aromatic carbocycles. The summed E-state index contributed by atoms with van der Waals surface area (Å²) in [5.74, 6) is 3.46. The number of terminal acetylenes is 1. The summed E-state index contributed by atoms with van der Waals surface area (Å²) in [6, 6.07) is 24.5. The van der Waals surface area contributed by atoms with Crippen LogP contribution in [0.5, 0.6) is 0 Å². The third-order valence-electron chi connectivity index (χ3n) is 18.2. The zero-order valence-corrected chi connectivity index (χ0v) is 50.7. The van der Waals surface area contributed by atoms with E-state index in [2.05, 4.69) is 46.5 Å². The van der Waals surface area contributed by atoms with E-state index in [0.29, 0.717) is 45.0 Å². The molecule has 6 heterocycles. The predicted octanol–water partition coefficient (Wildman–Crippen LogP) is 8.03. The number of nitrogens with one attached hydrogen (secondary N) is 4. The normalized spacial score (nSPS) is 22.0. The predicted molar refractivity (Wildman–Crippen MR) is 329 cm³/mol. The number of nitrogens with zero attached hydrogens (tertiary/aromatic N) is 9. The van der Waals surface area contributed by atoms with Gasteiger partial charge in [-0.3, -0.25) is 23.9 Å². The van der Waals surface area contributed by atoms with E-state index in [1.54, 1.807) is 54.5 Å². The van der Waals surface area contributed by atoms with Crippen molar-refractivity contribution in [2.45, 2.75) is 116 Å². The summed E-state index contributed by atoms with van der Waals surface area (Å²) in [6.45, 7) is 10.9. The first-order chi connectivity index (χ1) is 41.1. The molecule has 4 saturated carbocycles. The number of hydrogen-bond acceptors (Lipinski definition) is 16. The van der Waals surface area contributed by atoms with Crippen molar-refractivity contribution in [1.82, 2.24) is 50.2 Å². The topological polar surface area (TPSA) is 250 Å². The Labute approximate surface area is 504 Å². The molecule has 4 aliphatic carbocycles. The smallest absolute Gasteiger partial charge is 0.284 e. The Balaban J connectivity index is 0.727. The molecule has 4 bridgehead atoms. The highest BCUT2D eigenvalue weighted by atomic mass is 32.2. The fourth-order valence-electron chi connectivity index (χ4n) is 13.9. The van der Waals surface area contributed by atoms with Gasteiger partial charge in [0.05, 0.1) is 33.3 Å². The number of hydrogen-bond donors (Lipinski definition) is 5. The van der Waals surface area contributed by atoms with E-state index >= 15 is 0 Å². The quantitative estimate of drug-likeness (QED) is 0.0542. The van der Waals surface area contributed by atoms with E-state index in [1.807, 2.05) is 82.0 Å². The zero-order valence-electron chi connectivity index (χ0n) is 49.1. The molecule has 6 aliphatic rings. The molecule has 22 heteroatoms. The van der Waals surface area contributed by atoms with Gasteiger partial charge in [0.2, 0.25) is 17.7 Å². The molecule has 5 N–H and O–H groups in total. The van der Waals surface area contributed by atoms with E-state index in [-0.39, 0.29) is 54.5 Å². The summed E-state index contributed by atoms with van der Waals surface area (Å²) >= 11 is 1.51. The first-order valence-corrected chi connectivity index (χ1v) is 31.7. The van der Waals surface area contributed by atoms with Crippen LogP contribution in [0.2, 0.25) is 0 Å². The Morgan fingerprint density at radius 2 is 1.55 bits per heavy atom. The maximum atomic E-state index is 14.7. The fourth-order valence-corrected chi connectivity index (χ4v) is 15.7. The Bertz CT molecular complexity index is 3870. The molecule has 4 aromatic heterocycles. The lowest BCUT2D eigenvalue weighted by molar-refractivity contribution is -0.144. The van der Waals surface area contributed by atoms with E-state index in [1.165, 1.54) is 66.9 Å². The number of carbonyl (C=O) groups is 4. The molecule has 446 valence electrons. The van der Waals surface area contributed by atoms with Gasteiger partial charge in [0, 0.05) is 74.3 Å².